The second kappa shape index (κ2) is 12.2. The van der Waals surface area contributed by atoms with Crippen LogP contribution in [-0.4, -0.2) is 45.2 Å². The highest BCUT2D eigenvalue weighted by Crippen LogP contribution is 2.53. The summed E-state index contributed by atoms with van der Waals surface area (Å²) in [5.74, 6) is -0.157. The highest BCUT2D eigenvalue weighted by Gasteiger charge is 2.48. The second-order valence-electron chi connectivity index (χ2n) is 12.7. The number of sulfonamides is 2. The number of carbonyl (C=O) groups excluding carboxylic acids is 1. The number of nitrogens with zero attached hydrogens (tertiary/aromatic N) is 1. The van der Waals surface area contributed by atoms with Crippen molar-refractivity contribution in [2.45, 2.75) is 92.9 Å². The number of ether oxygens (including phenoxy) is 2. The summed E-state index contributed by atoms with van der Waals surface area (Å²) in [5.41, 5.74) is 1.46. The maximum atomic E-state index is 13.3. The zero-order valence-corrected chi connectivity index (χ0v) is 27.4. The highest BCUT2D eigenvalue weighted by atomic mass is 32.2. The number of hydrogen-bond donors (Lipinski definition) is 1. The van der Waals surface area contributed by atoms with Crippen LogP contribution < -0.4 is 9.46 Å². The number of carbonyl (C=O) groups is 1. The van der Waals surface area contributed by atoms with Crippen LogP contribution >= 0.6 is 0 Å². The smallest absolute Gasteiger partial charge is 0.265 e. The largest absolute Gasteiger partial charge is 0.487 e. The van der Waals surface area contributed by atoms with Crippen LogP contribution in [0.15, 0.2) is 82.6 Å². The van der Waals surface area contributed by atoms with E-state index in [-0.39, 0.29) is 39.5 Å². The molecule has 11 heteroatoms. The number of nitrogens with one attached hydrogen (secondary N) is 1. The minimum atomic E-state index is -4.29. The molecule has 3 aliphatic heterocycles. The lowest BCUT2D eigenvalue weighted by Gasteiger charge is -2.48. The molecule has 2 fully saturated rings. The van der Waals surface area contributed by atoms with Gasteiger partial charge in [-0.05, 0) is 94.0 Å². The van der Waals surface area contributed by atoms with Gasteiger partial charge in [0.2, 0.25) is 10.0 Å². The fourth-order valence-corrected chi connectivity index (χ4v) is 9.71. The van der Waals surface area contributed by atoms with E-state index in [0.29, 0.717) is 24.3 Å². The number of benzene rings is 3. The van der Waals surface area contributed by atoms with Crippen molar-refractivity contribution < 1.29 is 31.1 Å². The first-order chi connectivity index (χ1) is 21.4. The summed E-state index contributed by atoms with van der Waals surface area (Å²) in [6.07, 6.45) is 4.55. The summed E-state index contributed by atoms with van der Waals surface area (Å²) in [7, 11) is -8.06. The van der Waals surface area contributed by atoms with Gasteiger partial charge in [-0.3, -0.25) is 4.79 Å². The molecule has 1 amide bonds. The van der Waals surface area contributed by atoms with Crippen LogP contribution in [0.1, 0.15) is 93.0 Å². The molecule has 2 saturated heterocycles. The lowest BCUT2D eigenvalue weighted by Crippen LogP contribution is -2.47. The Morgan fingerprint density at radius 2 is 1.62 bits per heavy atom. The third-order valence-electron chi connectivity index (χ3n) is 9.44. The fraction of sp³-hybridized carbons (Fsp3) is 0.441. The first kappa shape index (κ1) is 31.7. The molecule has 1 N–H and O–H groups in total. The monoisotopic (exact) mass is 652 g/mol. The van der Waals surface area contributed by atoms with Gasteiger partial charge in [0.25, 0.3) is 15.9 Å². The Morgan fingerprint density at radius 1 is 0.911 bits per heavy atom. The minimum absolute atomic E-state index is 0.0292. The number of amides is 1. The molecule has 240 valence electrons. The van der Waals surface area contributed by atoms with Gasteiger partial charge < -0.3 is 9.47 Å². The first-order valence-corrected chi connectivity index (χ1v) is 18.6. The van der Waals surface area contributed by atoms with Gasteiger partial charge in [-0.25, -0.2) is 21.6 Å². The van der Waals surface area contributed by atoms with Crippen molar-refractivity contribution in [2.75, 3.05) is 6.54 Å². The Bertz CT molecular complexity index is 1770. The average Bonchev–Trinajstić information content (AvgIpc) is 3.04. The molecule has 0 spiro atoms. The molecule has 6 rings (SSSR count). The van der Waals surface area contributed by atoms with Crippen LogP contribution in [0, 0.1) is 5.92 Å². The minimum Gasteiger partial charge on any atom is -0.487 e. The quantitative estimate of drug-likeness (QED) is 0.326. The Balaban J connectivity index is 1.22. The number of fused-ring (bicyclic) bond motifs is 3. The van der Waals surface area contributed by atoms with Crippen molar-refractivity contribution in [1.82, 2.24) is 9.03 Å². The molecule has 45 heavy (non-hydrogen) atoms. The third kappa shape index (κ3) is 6.15. The van der Waals surface area contributed by atoms with Gasteiger partial charge in [-0.1, -0.05) is 43.7 Å². The van der Waals surface area contributed by atoms with Crippen molar-refractivity contribution in [3.05, 3.63) is 89.5 Å². The molecule has 3 aliphatic rings. The van der Waals surface area contributed by atoms with Gasteiger partial charge in [-0.2, -0.15) is 4.31 Å². The maximum absolute atomic E-state index is 13.3. The van der Waals surface area contributed by atoms with E-state index >= 15 is 0 Å². The van der Waals surface area contributed by atoms with E-state index in [2.05, 4.69) is 4.72 Å². The van der Waals surface area contributed by atoms with Gasteiger partial charge >= 0.3 is 0 Å². The average molecular weight is 653 g/mol. The van der Waals surface area contributed by atoms with Crippen molar-refractivity contribution in [1.29, 1.82) is 0 Å². The Hall–Kier alpha value is -3.25. The molecule has 3 aromatic rings. The lowest BCUT2D eigenvalue weighted by molar-refractivity contribution is -0.151. The molecular formula is C34H40N2O7S2. The summed E-state index contributed by atoms with van der Waals surface area (Å²) in [6.45, 7) is 6.49. The highest BCUT2D eigenvalue weighted by molar-refractivity contribution is 7.90. The van der Waals surface area contributed by atoms with E-state index < -0.39 is 31.6 Å². The van der Waals surface area contributed by atoms with Crippen LogP contribution in [0.3, 0.4) is 0 Å². The summed E-state index contributed by atoms with van der Waals surface area (Å²) in [6, 6.07) is 19.9. The standard InChI is InChI=1S/C34H40N2O7S2/c1-4-25-12-8-9-21-36(25)45(40,41)27-16-14-26(15-17-27)44(38,39)35-33(37)24-13-19-31-28(22-24)32-29(34(2,3)43-31)18-20-30(42-32)23-10-6-5-7-11-23/h5-7,10-11,13-17,19,22,25,29-30,32H,4,8-9,12,18,20-21H2,1-3H3,(H,35,37)/t25?,29-,30+,32+/m1/s1. The summed E-state index contributed by atoms with van der Waals surface area (Å²) in [5, 5.41) is 0. The molecule has 4 atom stereocenters. The SMILES string of the molecule is CCC1CCCCN1S(=O)(=O)c1ccc(S(=O)(=O)NC(=O)c2ccc3c(c2)[C@@H]2O[C@H](c4ccccc4)CC[C@H]2C(C)(C)O3)cc1. The van der Waals surface area contributed by atoms with Crippen molar-refractivity contribution >= 4 is 26.0 Å². The second-order valence-corrected chi connectivity index (χ2v) is 16.3. The van der Waals surface area contributed by atoms with Gasteiger partial charge in [-0.15, -0.1) is 0 Å². The van der Waals surface area contributed by atoms with E-state index in [1.807, 2.05) is 51.1 Å². The maximum Gasteiger partial charge on any atom is 0.265 e. The molecule has 0 aliphatic carbocycles. The van der Waals surface area contributed by atoms with Gasteiger partial charge in [0.05, 0.1) is 22.0 Å². The molecule has 0 aromatic heterocycles. The van der Waals surface area contributed by atoms with Crippen molar-refractivity contribution in [3.8, 4) is 5.75 Å². The molecule has 3 heterocycles. The summed E-state index contributed by atoms with van der Waals surface area (Å²) < 4.78 is 69.8. The van der Waals surface area contributed by atoms with E-state index in [1.165, 1.54) is 34.6 Å². The Kier molecular flexibility index (Phi) is 8.58. The fourth-order valence-electron chi connectivity index (χ4n) is 6.97. The third-order valence-corrected chi connectivity index (χ3v) is 12.8. The topological polar surface area (TPSA) is 119 Å². The molecule has 1 unspecified atom stereocenters. The molecule has 0 bridgehead atoms. The van der Waals surface area contributed by atoms with Crippen LogP contribution in [0.4, 0.5) is 0 Å². The van der Waals surface area contributed by atoms with Crippen LogP contribution in [0.2, 0.25) is 0 Å². The summed E-state index contributed by atoms with van der Waals surface area (Å²) >= 11 is 0. The van der Waals surface area contributed by atoms with E-state index in [1.54, 1.807) is 12.1 Å². The molecule has 0 saturated carbocycles. The lowest BCUT2D eigenvalue weighted by atomic mass is 9.74. The van der Waals surface area contributed by atoms with E-state index in [4.69, 9.17) is 9.47 Å². The van der Waals surface area contributed by atoms with Crippen LogP contribution in [-0.2, 0) is 24.8 Å². The first-order valence-electron chi connectivity index (χ1n) is 15.6. The zero-order valence-electron chi connectivity index (χ0n) is 25.8. The molecule has 3 aromatic carbocycles. The van der Waals surface area contributed by atoms with Gasteiger partial charge in [0.15, 0.2) is 0 Å². The Labute approximate surface area is 266 Å². The number of piperidine rings is 1. The zero-order chi connectivity index (χ0) is 32.0. The molecular weight excluding hydrogens is 613 g/mol. The molecule has 9 nitrogen and oxygen atoms in total. The van der Waals surface area contributed by atoms with Crippen molar-refractivity contribution in [3.63, 3.8) is 0 Å². The predicted octanol–water partition coefficient (Wildman–Crippen LogP) is 6.14. The van der Waals surface area contributed by atoms with Gasteiger partial charge in [0.1, 0.15) is 11.4 Å². The van der Waals surface area contributed by atoms with Crippen LogP contribution in [0.25, 0.3) is 0 Å². The van der Waals surface area contributed by atoms with E-state index in [0.717, 1.165) is 37.7 Å². The van der Waals surface area contributed by atoms with E-state index in [9.17, 15) is 21.6 Å². The number of rotatable bonds is 7. The predicted molar refractivity (Wildman–Crippen MR) is 170 cm³/mol. The van der Waals surface area contributed by atoms with Crippen LogP contribution in [0.5, 0.6) is 5.75 Å². The summed E-state index contributed by atoms with van der Waals surface area (Å²) in [4.78, 5) is 13.1. The normalized spacial score (nSPS) is 25.0. The van der Waals surface area contributed by atoms with Crippen molar-refractivity contribution in [2.24, 2.45) is 5.92 Å². The molecule has 0 radical (unpaired) electrons. The Morgan fingerprint density at radius 3 is 2.33 bits per heavy atom. The number of hydrogen-bond acceptors (Lipinski definition) is 7. The van der Waals surface area contributed by atoms with Gasteiger partial charge in [0, 0.05) is 29.6 Å².